The second-order valence-electron chi connectivity index (χ2n) is 5.86. The molecular formula is C20H24F2N2O2. The van der Waals surface area contributed by atoms with Gasteiger partial charge in [0.2, 0.25) is 0 Å². The summed E-state index contributed by atoms with van der Waals surface area (Å²) in [5, 5.41) is 2.82. The average Bonchev–Trinajstić information content (AvgIpc) is 2.65. The highest BCUT2D eigenvalue weighted by Crippen LogP contribution is 2.15. The molecule has 0 aliphatic carbocycles. The Morgan fingerprint density at radius 3 is 2.12 bits per heavy atom. The van der Waals surface area contributed by atoms with E-state index in [1.54, 1.807) is 0 Å². The Balaban J connectivity index is 1.86. The number of halogens is 2. The first-order valence-electron chi connectivity index (χ1n) is 8.65. The van der Waals surface area contributed by atoms with Crippen LogP contribution in [0.2, 0.25) is 0 Å². The molecule has 1 N–H and O–H groups in total. The number of ether oxygens (including phenoxy) is 1. The van der Waals surface area contributed by atoms with E-state index in [2.05, 4.69) is 40.9 Å². The Bertz CT molecular complexity index is 684. The van der Waals surface area contributed by atoms with E-state index in [4.69, 9.17) is 0 Å². The third-order valence-corrected chi connectivity index (χ3v) is 4.12. The van der Waals surface area contributed by atoms with Gasteiger partial charge in [-0.2, -0.15) is 8.78 Å². The van der Waals surface area contributed by atoms with Crippen LogP contribution >= 0.6 is 0 Å². The van der Waals surface area contributed by atoms with Crippen molar-refractivity contribution in [1.82, 2.24) is 10.2 Å². The molecule has 0 radical (unpaired) electrons. The predicted octanol–water partition coefficient (Wildman–Crippen LogP) is 4.06. The quantitative estimate of drug-likeness (QED) is 0.731. The van der Waals surface area contributed by atoms with E-state index in [1.807, 2.05) is 12.1 Å². The average molecular weight is 362 g/mol. The van der Waals surface area contributed by atoms with Gasteiger partial charge in [-0.05, 0) is 48.5 Å². The molecule has 2 rings (SSSR count). The molecule has 1 amide bonds. The lowest BCUT2D eigenvalue weighted by Gasteiger charge is -2.18. The zero-order valence-electron chi connectivity index (χ0n) is 15.0. The van der Waals surface area contributed by atoms with Crippen LogP contribution in [0, 0.1) is 0 Å². The van der Waals surface area contributed by atoms with E-state index in [-0.39, 0.29) is 11.7 Å². The van der Waals surface area contributed by atoms with Crippen molar-refractivity contribution >= 4 is 5.91 Å². The first-order chi connectivity index (χ1) is 12.5. The van der Waals surface area contributed by atoms with Crippen molar-refractivity contribution in [1.29, 1.82) is 0 Å². The number of benzene rings is 2. The minimum Gasteiger partial charge on any atom is -0.435 e. The van der Waals surface area contributed by atoms with Gasteiger partial charge in [0.1, 0.15) is 5.75 Å². The third kappa shape index (κ3) is 6.11. The number of carbonyl (C=O) groups excluding carboxylic acids is 1. The normalized spacial score (nSPS) is 11.0. The molecule has 0 fully saturated rings. The minimum atomic E-state index is -2.88. The van der Waals surface area contributed by atoms with E-state index in [1.165, 1.54) is 29.8 Å². The molecule has 0 heterocycles. The number of hydrogen-bond acceptors (Lipinski definition) is 3. The van der Waals surface area contributed by atoms with E-state index in [9.17, 15) is 13.6 Å². The van der Waals surface area contributed by atoms with Crippen LogP contribution in [0.3, 0.4) is 0 Å². The fourth-order valence-corrected chi connectivity index (χ4v) is 2.54. The molecule has 4 nitrogen and oxygen atoms in total. The largest absolute Gasteiger partial charge is 0.435 e. The summed E-state index contributed by atoms with van der Waals surface area (Å²) in [6.07, 6.45) is 0. The Morgan fingerprint density at radius 2 is 1.58 bits per heavy atom. The van der Waals surface area contributed by atoms with Crippen molar-refractivity contribution in [3.05, 3.63) is 65.2 Å². The molecule has 0 aromatic heterocycles. The van der Waals surface area contributed by atoms with Gasteiger partial charge in [-0.1, -0.05) is 38.1 Å². The number of nitrogens with one attached hydrogen (secondary N) is 1. The number of hydrogen-bond donors (Lipinski definition) is 1. The van der Waals surface area contributed by atoms with Crippen molar-refractivity contribution in [3.63, 3.8) is 0 Å². The molecule has 0 unspecified atom stereocenters. The van der Waals surface area contributed by atoms with Crippen LogP contribution in [0.4, 0.5) is 8.78 Å². The molecule has 0 saturated carbocycles. The van der Waals surface area contributed by atoms with Crippen molar-refractivity contribution in [2.24, 2.45) is 0 Å². The van der Waals surface area contributed by atoms with Crippen molar-refractivity contribution in [3.8, 4) is 5.75 Å². The molecule has 2 aromatic carbocycles. The summed E-state index contributed by atoms with van der Waals surface area (Å²) >= 11 is 0. The maximum atomic E-state index is 12.1. The fraction of sp³-hybridized carbons (Fsp3) is 0.350. The maximum Gasteiger partial charge on any atom is 0.387 e. The number of alkyl halides is 2. The third-order valence-electron chi connectivity index (χ3n) is 4.12. The molecule has 0 atom stereocenters. The lowest BCUT2D eigenvalue weighted by molar-refractivity contribution is -0.0498. The van der Waals surface area contributed by atoms with Gasteiger partial charge in [0.05, 0.1) is 0 Å². The molecule has 0 aliphatic heterocycles. The summed E-state index contributed by atoms with van der Waals surface area (Å²) in [6.45, 7) is 4.73. The smallest absolute Gasteiger partial charge is 0.387 e. The summed E-state index contributed by atoms with van der Waals surface area (Å²) < 4.78 is 28.5. The van der Waals surface area contributed by atoms with Crippen LogP contribution in [0.5, 0.6) is 5.75 Å². The number of amides is 1. The van der Waals surface area contributed by atoms with Gasteiger partial charge in [-0.25, -0.2) is 0 Å². The summed E-state index contributed by atoms with van der Waals surface area (Å²) in [5.74, 6) is -0.235. The number of nitrogens with zero attached hydrogens (tertiary/aromatic N) is 1. The SMILES string of the molecule is CCN(CC)Cc1ccc(CNC(=O)c2ccc(OC(F)F)cc2)cc1. The second-order valence-corrected chi connectivity index (χ2v) is 5.86. The molecule has 2 aromatic rings. The predicted molar refractivity (Wildman–Crippen MR) is 97.3 cm³/mol. The number of carbonyl (C=O) groups is 1. The highest BCUT2D eigenvalue weighted by molar-refractivity contribution is 5.94. The van der Waals surface area contributed by atoms with Crippen LogP contribution in [-0.2, 0) is 13.1 Å². The fourth-order valence-electron chi connectivity index (χ4n) is 2.54. The Kier molecular flexibility index (Phi) is 7.53. The first-order valence-corrected chi connectivity index (χ1v) is 8.65. The first kappa shape index (κ1) is 19.8. The van der Waals surface area contributed by atoms with Gasteiger partial charge in [0.25, 0.3) is 5.91 Å². The van der Waals surface area contributed by atoms with Crippen LogP contribution < -0.4 is 10.1 Å². The lowest BCUT2D eigenvalue weighted by atomic mass is 10.1. The molecule has 0 bridgehead atoms. The highest BCUT2D eigenvalue weighted by atomic mass is 19.3. The zero-order valence-corrected chi connectivity index (χ0v) is 15.0. The standard InChI is InChI=1S/C20H24F2N2O2/c1-3-24(4-2)14-16-7-5-15(6-8-16)13-23-19(25)17-9-11-18(12-10-17)26-20(21)22/h5-12,20H,3-4,13-14H2,1-2H3,(H,23,25). The number of rotatable bonds is 9. The van der Waals surface area contributed by atoms with E-state index in [0.717, 1.165) is 25.2 Å². The second kappa shape index (κ2) is 9.87. The molecule has 0 aliphatic rings. The molecular weight excluding hydrogens is 338 g/mol. The van der Waals surface area contributed by atoms with Crippen molar-refractivity contribution in [2.75, 3.05) is 13.1 Å². The Morgan fingerprint density at radius 1 is 1.00 bits per heavy atom. The van der Waals surface area contributed by atoms with Crippen LogP contribution in [-0.4, -0.2) is 30.5 Å². The van der Waals surface area contributed by atoms with E-state index < -0.39 is 6.61 Å². The summed E-state index contributed by atoms with van der Waals surface area (Å²) in [6, 6.07) is 13.7. The topological polar surface area (TPSA) is 41.6 Å². The van der Waals surface area contributed by atoms with Gasteiger partial charge in [-0.3, -0.25) is 9.69 Å². The monoisotopic (exact) mass is 362 g/mol. The van der Waals surface area contributed by atoms with E-state index in [0.29, 0.717) is 12.1 Å². The van der Waals surface area contributed by atoms with E-state index >= 15 is 0 Å². The zero-order chi connectivity index (χ0) is 18.9. The molecule has 0 spiro atoms. The molecule has 0 saturated heterocycles. The van der Waals surface area contributed by atoms with Gasteiger partial charge in [0, 0.05) is 18.7 Å². The van der Waals surface area contributed by atoms with Crippen LogP contribution in [0.1, 0.15) is 35.3 Å². The lowest BCUT2D eigenvalue weighted by Crippen LogP contribution is -2.23. The van der Waals surface area contributed by atoms with Crippen molar-refractivity contribution in [2.45, 2.75) is 33.5 Å². The van der Waals surface area contributed by atoms with Gasteiger partial charge in [0.15, 0.2) is 0 Å². The Labute approximate surface area is 152 Å². The molecule has 6 heteroatoms. The summed E-state index contributed by atoms with van der Waals surface area (Å²) in [5.41, 5.74) is 2.63. The molecule has 140 valence electrons. The molecule has 26 heavy (non-hydrogen) atoms. The highest BCUT2D eigenvalue weighted by Gasteiger charge is 2.08. The van der Waals surface area contributed by atoms with Crippen molar-refractivity contribution < 1.29 is 18.3 Å². The summed E-state index contributed by atoms with van der Waals surface area (Å²) in [4.78, 5) is 14.5. The van der Waals surface area contributed by atoms with Gasteiger partial charge < -0.3 is 10.1 Å². The Hall–Kier alpha value is -2.47. The van der Waals surface area contributed by atoms with Crippen LogP contribution in [0.15, 0.2) is 48.5 Å². The van der Waals surface area contributed by atoms with Gasteiger partial charge >= 0.3 is 6.61 Å². The minimum absolute atomic E-state index is 0.0281. The summed E-state index contributed by atoms with van der Waals surface area (Å²) in [7, 11) is 0. The van der Waals surface area contributed by atoms with Crippen LogP contribution in [0.25, 0.3) is 0 Å². The maximum absolute atomic E-state index is 12.1. The van der Waals surface area contributed by atoms with Gasteiger partial charge in [-0.15, -0.1) is 0 Å².